The van der Waals surface area contributed by atoms with Gasteiger partial charge >= 0.3 is 12.5 Å². The van der Waals surface area contributed by atoms with Gasteiger partial charge in [0, 0.05) is 0 Å². The third kappa shape index (κ3) is 9.81. The molecule has 242 valence electrons. The van der Waals surface area contributed by atoms with Gasteiger partial charge in [-0.2, -0.15) is 8.78 Å². The molecule has 0 unspecified atom stereocenters. The van der Waals surface area contributed by atoms with Crippen LogP contribution in [0.15, 0.2) is 55.1 Å². The van der Waals surface area contributed by atoms with E-state index in [1.54, 1.807) is 6.08 Å². The first-order chi connectivity index (χ1) is 20.8. The Morgan fingerprint density at radius 3 is 1.84 bits per heavy atom. The number of aryl methyl sites for hydroxylation is 2. The van der Waals surface area contributed by atoms with E-state index in [9.17, 15) is 35.1 Å². The molecule has 0 heterocycles. The molecule has 2 aromatic carbocycles. The Hall–Kier alpha value is -2.88. The van der Waals surface area contributed by atoms with Crippen LogP contribution in [0, 0.1) is 35.2 Å². The minimum atomic E-state index is -4.94. The van der Waals surface area contributed by atoms with Gasteiger partial charge in [-0.05, 0) is 130 Å². The summed E-state index contributed by atoms with van der Waals surface area (Å²) in [5.74, 6) is -3.43. The highest BCUT2D eigenvalue weighted by atomic mass is 19.4. The number of rotatable bonds is 12. The number of alkyl halides is 5. The highest BCUT2D eigenvalue weighted by molar-refractivity contribution is 5.30. The van der Waals surface area contributed by atoms with Crippen molar-refractivity contribution < 1.29 is 44.6 Å². The molecule has 10 heteroatoms. The second-order valence-electron chi connectivity index (χ2n) is 12.0. The molecule has 0 aliphatic heterocycles. The van der Waals surface area contributed by atoms with Crippen LogP contribution in [-0.4, -0.2) is 12.5 Å². The molecule has 44 heavy (non-hydrogen) atoms. The standard InChI is InChI=1S/C34H38F8O2/c1-2-3-4-26-20-29(36)32(30(37)21-26)33(38,39)43-27-16-13-24(14-17-27)10-9-22-5-7-23(8-6-22)11-12-25-15-18-31(28(35)19-25)44-34(40,41)42/h2,9-10,15,18-24,27H,1,3-8,11-14,16-17H2/b10-9+. The average molecular weight is 631 g/mol. The van der Waals surface area contributed by atoms with Gasteiger partial charge in [-0.25, -0.2) is 13.2 Å². The van der Waals surface area contributed by atoms with E-state index in [0.29, 0.717) is 62.3 Å². The highest BCUT2D eigenvalue weighted by Gasteiger charge is 2.42. The Morgan fingerprint density at radius 1 is 0.727 bits per heavy atom. The molecule has 2 aliphatic rings. The zero-order valence-electron chi connectivity index (χ0n) is 24.5. The van der Waals surface area contributed by atoms with Crippen molar-refractivity contribution in [1.82, 2.24) is 0 Å². The molecule has 0 amide bonds. The molecule has 0 spiro atoms. The SMILES string of the molecule is C=CCCc1cc(F)c(C(F)(F)OC2CCC(/C=C/C3CCC(CCc4ccc(OC(F)(F)F)c(F)c4)CC3)CC2)c(F)c1. The summed E-state index contributed by atoms with van der Waals surface area (Å²) in [5, 5.41) is 0. The fraction of sp³-hybridized carbons (Fsp3) is 0.529. The maximum absolute atomic E-state index is 14.8. The number of hydrogen-bond donors (Lipinski definition) is 0. The lowest BCUT2D eigenvalue weighted by molar-refractivity contribution is -0.280. The van der Waals surface area contributed by atoms with E-state index in [4.69, 9.17) is 4.74 Å². The zero-order valence-corrected chi connectivity index (χ0v) is 24.5. The Kier molecular flexibility index (Phi) is 11.5. The smallest absolute Gasteiger partial charge is 0.403 e. The van der Waals surface area contributed by atoms with Crippen molar-refractivity contribution in [1.29, 1.82) is 0 Å². The molecule has 2 aliphatic carbocycles. The summed E-state index contributed by atoms with van der Waals surface area (Å²) >= 11 is 0. The fourth-order valence-electron chi connectivity index (χ4n) is 6.25. The van der Waals surface area contributed by atoms with Crippen molar-refractivity contribution in [3.63, 3.8) is 0 Å². The molecule has 2 fully saturated rings. The van der Waals surface area contributed by atoms with Crippen molar-refractivity contribution in [3.8, 4) is 5.75 Å². The first kappa shape index (κ1) is 34.0. The molecule has 0 radical (unpaired) electrons. The zero-order chi connectivity index (χ0) is 31.9. The summed E-state index contributed by atoms with van der Waals surface area (Å²) in [6.45, 7) is 3.55. The molecule has 0 N–H and O–H groups in total. The normalized spacial score (nSPS) is 23.2. The molecule has 4 rings (SSSR count). The molecule has 2 saturated carbocycles. The van der Waals surface area contributed by atoms with Gasteiger partial charge in [0.05, 0.1) is 6.10 Å². The van der Waals surface area contributed by atoms with Crippen LogP contribution in [-0.2, 0) is 23.7 Å². The second-order valence-corrected chi connectivity index (χ2v) is 12.0. The van der Waals surface area contributed by atoms with Crippen molar-refractivity contribution in [3.05, 3.63) is 89.3 Å². The van der Waals surface area contributed by atoms with Crippen LogP contribution in [0.2, 0.25) is 0 Å². The van der Waals surface area contributed by atoms with Gasteiger partial charge < -0.3 is 9.47 Å². The Bertz CT molecular complexity index is 1250. The summed E-state index contributed by atoms with van der Waals surface area (Å²) in [7, 11) is 0. The summed E-state index contributed by atoms with van der Waals surface area (Å²) in [4.78, 5) is 0. The number of hydrogen-bond acceptors (Lipinski definition) is 2. The molecular formula is C34H38F8O2. The summed E-state index contributed by atoms with van der Waals surface area (Å²) < 4.78 is 118. The van der Waals surface area contributed by atoms with Gasteiger partial charge in [-0.15, -0.1) is 19.8 Å². The first-order valence-corrected chi connectivity index (χ1v) is 15.2. The second kappa shape index (κ2) is 14.9. The topological polar surface area (TPSA) is 18.5 Å². The Balaban J connectivity index is 1.18. The fourth-order valence-corrected chi connectivity index (χ4v) is 6.25. The molecule has 0 aromatic heterocycles. The van der Waals surface area contributed by atoms with Crippen molar-refractivity contribution in [2.45, 2.75) is 95.6 Å². The summed E-state index contributed by atoms with van der Waals surface area (Å²) in [6, 6.07) is 5.41. The van der Waals surface area contributed by atoms with Gasteiger partial charge in [0.1, 0.15) is 17.2 Å². The van der Waals surface area contributed by atoms with Crippen LogP contribution in [0.1, 0.15) is 80.9 Å². The number of ether oxygens (including phenoxy) is 2. The molecule has 0 atom stereocenters. The number of allylic oxidation sites excluding steroid dienone is 3. The minimum Gasteiger partial charge on any atom is -0.403 e. The average Bonchev–Trinajstić information content (AvgIpc) is 2.95. The molecule has 2 aromatic rings. The van der Waals surface area contributed by atoms with Gasteiger partial charge in [0.25, 0.3) is 0 Å². The van der Waals surface area contributed by atoms with Crippen LogP contribution in [0.5, 0.6) is 5.75 Å². The highest BCUT2D eigenvalue weighted by Crippen LogP contribution is 2.40. The largest absolute Gasteiger partial charge is 0.573 e. The van der Waals surface area contributed by atoms with Crippen LogP contribution in [0.25, 0.3) is 0 Å². The Morgan fingerprint density at radius 2 is 1.30 bits per heavy atom. The number of halogens is 8. The van der Waals surface area contributed by atoms with Crippen LogP contribution in [0.4, 0.5) is 35.1 Å². The maximum atomic E-state index is 14.8. The van der Waals surface area contributed by atoms with Gasteiger partial charge in [0.2, 0.25) is 0 Å². The lowest BCUT2D eigenvalue weighted by Crippen LogP contribution is -2.31. The van der Waals surface area contributed by atoms with Gasteiger partial charge in [-0.3, -0.25) is 0 Å². The first-order valence-electron chi connectivity index (χ1n) is 15.2. The number of benzene rings is 2. The molecule has 2 nitrogen and oxygen atoms in total. The van der Waals surface area contributed by atoms with E-state index in [1.165, 1.54) is 6.07 Å². The quantitative estimate of drug-likeness (QED) is 0.172. The van der Waals surface area contributed by atoms with E-state index in [0.717, 1.165) is 56.4 Å². The van der Waals surface area contributed by atoms with Gasteiger partial charge in [-0.1, -0.05) is 24.3 Å². The van der Waals surface area contributed by atoms with Gasteiger partial charge in [0.15, 0.2) is 11.6 Å². The summed E-state index contributed by atoms with van der Waals surface area (Å²) in [6.07, 6.45) is 4.24. The van der Waals surface area contributed by atoms with Crippen LogP contribution >= 0.6 is 0 Å². The van der Waals surface area contributed by atoms with E-state index < -0.39 is 47.3 Å². The minimum absolute atomic E-state index is 0.220. The van der Waals surface area contributed by atoms with E-state index in [1.807, 2.05) is 0 Å². The van der Waals surface area contributed by atoms with E-state index in [2.05, 4.69) is 23.5 Å². The van der Waals surface area contributed by atoms with Crippen molar-refractivity contribution >= 4 is 0 Å². The molecular weight excluding hydrogens is 592 g/mol. The monoisotopic (exact) mass is 630 g/mol. The van der Waals surface area contributed by atoms with E-state index >= 15 is 0 Å². The Labute approximate surface area is 253 Å². The van der Waals surface area contributed by atoms with Crippen LogP contribution < -0.4 is 4.74 Å². The van der Waals surface area contributed by atoms with Crippen molar-refractivity contribution in [2.75, 3.05) is 0 Å². The molecule has 0 saturated heterocycles. The third-order valence-electron chi connectivity index (χ3n) is 8.67. The summed E-state index contributed by atoms with van der Waals surface area (Å²) in [5.41, 5.74) is -0.439. The predicted octanol–water partition coefficient (Wildman–Crippen LogP) is 10.7. The molecule has 0 bridgehead atoms. The third-order valence-corrected chi connectivity index (χ3v) is 8.67. The predicted molar refractivity (Wildman–Crippen MR) is 152 cm³/mol. The lowest BCUT2D eigenvalue weighted by atomic mass is 9.78. The van der Waals surface area contributed by atoms with E-state index in [-0.39, 0.29) is 11.5 Å². The van der Waals surface area contributed by atoms with Crippen LogP contribution in [0.3, 0.4) is 0 Å². The van der Waals surface area contributed by atoms with Crippen molar-refractivity contribution in [2.24, 2.45) is 17.8 Å². The lowest BCUT2D eigenvalue weighted by Gasteiger charge is -2.31. The maximum Gasteiger partial charge on any atom is 0.573 e.